The first-order chi connectivity index (χ1) is 6.68. The fraction of sp³-hybridized carbons (Fsp3) is 0.800. The lowest BCUT2D eigenvalue weighted by Gasteiger charge is -2.10. The van der Waals surface area contributed by atoms with Crippen LogP contribution in [0.4, 0.5) is 0 Å². The lowest BCUT2D eigenvalue weighted by Crippen LogP contribution is -2.22. The number of aromatic amines is 1. The molecular weight excluding hydrogens is 176 g/mol. The minimum atomic E-state index is 0.407. The number of rotatable bonds is 2. The Bertz CT molecular complexity index is 305. The minimum Gasteiger partial charge on any atom is -0.314 e. The fourth-order valence-corrected chi connectivity index (χ4v) is 1.94. The molecule has 0 amide bonds. The van der Waals surface area contributed by atoms with E-state index < -0.39 is 0 Å². The molecule has 1 saturated heterocycles. The second-order valence-corrected chi connectivity index (χ2v) is 4.37. The van der Waals surface area contributed by atoms with E-state index in [1.165, 1.54) is 0 Å². The molecule has 2 unspecified atom stereocenters. The summed E-state index contributed by atoms with van der Waals surface area (Å²) in [5.41, 5.74) is 0. The Morgan fingerprint density at radius 2 is 2.21 bits per heavy atom. The molecule has 2 atom stereocenters. The third-order valence-corrected chi connectivity index (χ3v) is 2.91. The Morgan fingerprint density at radius 3 is 2.71 bits per heavy atom. The summed E-state index contributed by atoms with van der Waals surface area (Å²) in [5, 5.41) is 10.7. The molecule has 0 radical (unpaired) electrons. The van der Waals surface area contributed by atoms with Gasteiger partial charge in [0, 0.05) is 17.9 Å². The van der Waals surface area contributed by atoms with Crippen molar-refractivity contribution in [2.45, 2.75) is 45.1 Å². The van der Waals surface area contributed by atoms with Crippen molar-refractivity contribution in [3.63, 3.8) is 0 Å². The van der Waals surface area contributed by atoms with E-state index in [2.05, 4.69) is 41.3 Å². The molecule has 1 aromatic heterocycles. The molecule has 14 heavy (non-hydrogen) atoms. The predicted molar refractivity (Wildman–Crippen MR) is 55.3 cm³/mol. The zero-order valence-corrected chi connectivity index (χ0v) is 9.04. The van der Waals surface area contributed by atoms with E-state index in [-0.39, 0.29) is 0 Å². The first-order valence-corrected chi connectivity index (χ1v) is 5.34. The summed E-state index contributed by atoms with van der Waals surface area (Å²) < 4.78 is 0. The van der Waals surface area contributed by atoms with Gasteiger partial charge < -0.3 is 5.32 Å². The van der Waals surface area contributed by atoms with Crippen LogP contribution in [0.25, 0.3) is 0 Å². The minimum absolute atomic E-state index is 0.407. The van der Waals surface area contributed by atoms with Crippen LogP contribution in [0, 0.1) is 0 Å². The highest BCUT2D eigenvalue weighted by molar-refractivity contribution is 5.06. The van der Waals surface area contributed by atoms with Crippen LogP contribution in [-0.2, 0) is 0 Å². The van der Waals surface area contributed by atoms with Crippen molar-refractivity contribution in [1.29, 1.82) is 0 Å². The number of nitrogens with zero attached hydrogens (tertiary/aromatic N) is 2. The van der Waals surface area contributed by atoms with Crippen molar-refractivity contribution in [1.82, 2.24) is 20.5 Å². The summed E-state index contributed by atoms with van der Waals surface area (Å²) >= 11 is 0. The Kier molecular flexibility index (Phi) is 2.54. The zero-order chi connectivity index (χ0) is 10.1. The maximum atomic E-state index is 4.54. The average molecular weight is 194 g/mol. The van der Waals surface area contributed by atoms with Crippen LogP contribution >= 0.6 is 0 Å². The molecule has 78 valence electrons. The fourth-order valence-electron chi connectivity index (χ4n) is 1.94. The zero-order valence-electron chi connectivity index (χ0n) is 9.04. The van der Waals surface area contributed by atoms with Crippen molar-refractivity contribution in [2.24, 2.45) is 0 Å². The van der Waals surface area contributed by atoms with E-state index in [9.17, 15) is 0 Å². The second kappa shape index (κ2) is 3.69. The van der Waals surface area contributed by atoms with Gasteiger partial charge in [-0.1, -0.05) is 13.8 Å². The molecule has 2 rings (SSSR count). The Hall–Kier alpha value is -0.900. The van der Waals surface area contributed by atoms with Crippen molar-refractivity contribution in [3.05, 3.63) is 11.6 Å². The summed E-state index contributed by atoms with van der Waals surface area (Å²) in [6, 6.07) is 0.517. The third kappa shape index (κ3) is 1.66. The summed E-state index contributed by atoms with van der Waals surface area (Å²) in [4.78, 5) is 4.54. The van der Waals surface area contributed by atoms with Crippen LogP contribution in [0.5, 0.6) is 0 Å². The highest BCUT2D eigenvalue weighted by atomic mass is 15.2. The van der Waals surface area contributed by atoms with Crippen molar-refractivity contribution >= 4 is 0 Å². The molecule has 1 fully saturated rings. The molecule has 0 saturated carbocycles. The predicted octanol–water partition coefficient (Wildman–Crippen LogP) is 1.39. The van der Waals surface area contributed by atoms with Gasteiger partial charge in [0.05, 0.1) is 0 Å². The summed E-state index contributed by atoms with van der Waals surface area (Å²) in [6.45, 7) is 7.52. The molecule has 4 heteroatoms. The van der Waals surface area contributed by atoms with Crippen LogP contribution < -0.4 is 5.32 Å². The standard InChI is InChI=1S/C10H18N4/c1-6(2)9-12-10(14-13-9)8-4-5-11-7(8)3/h6-8,11H,4-5H2,1-3H3,(H,12,13,14). The van der Waals surface area contributed by atoms with Crippen LogP contribution in [0.3, 0.4) is 0 Å². The van der Waals surface area contributed by atoms with Crippen LogP contribution in [-0.4, -0.2) is 27.8 Å². The quantitative estimate of drug-likeness (QED) is 0.748. The topological polar surface area (TPSA) is 53.6 Å². The molecule has 0 aliphatic carbocycles. The summed E-state index contributed by atoms with van der Waals surface area (Å²) in [7, 11) is 0. The highest BCUT2D eigenvalue weighted by Gasteiger charge is 2.27. The van der Waals surface area contributed by atoms with E-state index in [4.69, 9.17) is 0 Å². The van der Waals surface area contributed by atoms with Crippen molar-refractivity contribution in [2.75, 3.05) is 6.54 Å². The van der Waals surface area contributed by atoms with E-state index in [0.717, 1.165) is 24.6 Å². The van der Waals surface area contributed by atoms with E-state index >= 15 is 0 Å². The molecule has 1 aromatic rings. The molecule has 2 N–H and O–H groups in total. The molecule has 4 nitrogen and oxygen atoms in total. The van der Waals surface area contributed by atoms with Gasteiger partial charge in [0.25, 0.3) is 0 Å². The van der Waals surface area contributed by atoms with Gasteiger partial charge in [0.2, 0.25) is 0 Å². The van der Waals surface area contributed by atoms with Gasteiger partial charge in [0.1, 0.15) is 5.82 Å². The van der Waals surface area contributed by atoms with E-state index in [0.29, 0.717) is 17.9 Å². The van der Waals surface area contributed by atoms with Gasteiger partial charge in [-0.15, -0.1) is 0 Å². The number of hydrogen-bond donors (Lipinski definition) is 2. The van der Waals surface area contributed by atoms with Crippen molar-refractivity contribution in [3.8, 4) is 0 Å². The molecule has 1 aliphatic heterocycles. The maximum absolute atomic E-state index is 4.54. The first kappa shape index (κ1) is 9.65. The van der Waals surface area contributed by atoms with Crippen LogP contribution in [0.1, 0.15) is 50.7 Å². The van der Waals surface area contributed by atoms with Gasteiger partial charge in [-0.25, -0.2) is 4.98 Å². The molecule has 0 aromatic carbocycles. The maximum Gasteiger partial charge on any atom is 0.153 e. The number of hydrogen-bond acceptors (Lipinski definition) is 3. The molecular formula is C10H18N4. The lowest BCUT2D eigenvalue weighted by atomic mass is 10.0. The number of nitrogens with one attached hydrogen (secondary N) is 2. The highest BCUT2D eigenvalue weighted by Crippen LogP contribution is 2.25. The SMILES string of the molecule is CC(C)c1n[nH]c(C2CCNC2C)n1. The van der Waals surface area contributed by atoms with Crippen molar-refractivity contribution < 1.29 is 0 Å². The molecule has 1 aliphatic rings. The van der Waals surface area contributed by atoms with Gasteiger partial charge in [-0.3, -0.25) is 5.10 Å². The lowest BCUT2D eigenvalue weighted by molar-refractivity contribution is 0.569. The van der Waals surface area contributed by atoms with E-state index in [1.54, 1.807) is 0 Å². The average Bonchev–Trinajstić information content (AvgIpc) is 2.71. The largest absolute Gasteiger partial charge is 0.314 e. The number of H-pyrrole nitrogens is 1. The first-order valence-electron chi connectivity index (χ1n) is 5.34. The Labute approximate surface area is 84.5 Å². The Balaban J connectivity index is 2.16. The second-order valence-electron chi connectivity index (χ2n) is 4.37. The monoisotopic (exact) mass is 194 g/mol. The van der Waals surface area contributed by atoms with Crippen LogP contribution in [0.2, 0.25) is 0 Å². The van der Waals surface area contributed by atoms with E-state index in [1.807, 2.05) is 0 Å². The Morgan fingerprint density at radius 1 is 1.43 bits per heavy atom. The van der Waals surface area contributed by atoms with Gasteiger partial charge in [-0.2, -0.15) is 5.10 Å². The molecule has 0 spiro atoms. The third-order valence-electron chi connectivity index (χ3n) is 2.91. The number of aromatic nitrogens is 3. The smallest absolute Gasteiger partial charge is 0.153 e. The summed E-state index contributed by atoms with van der Waals surface area (Å²) in [6.07, 6.45) is 1.16. The van der Waals surface area contributed by atoms with Crippen LogP contribution in [0.15, 0.2) is 0 Å². The van der Waals surface area contributed by atoms with Gasteiger partial charge in [0.15, 0.2) is 5.82 Å². The van der Waals surface area contributed by atoms with Gasteiger partial charge in [-0.05, 0) is 19.9 Å². The normalized spacial score (nSPS) is 27.4. The van der Waals surface area contributed by atoms with Gasteiger partial charge >= 0.3 is 0 Å². The summed E-state index contributed by atoms with van der Waals surface area (Å²) in [5.74, 6) is 2.89. The molecule has 0 bridgehead atoms. The molecule has 2 heterocycles.